The Kier molecular flexibility index (Phi) is 5.12. The monoisotopic (exact) mass is 262 g/mol. The van der Waals surface area contributed by atoms with E-state index in [0.717, 1.165) is 36.8 Å². The van der Waals surface area contributed by atoms with Gasteiger partial charge in [-0.25, -0.2) is 4.79 Å². The van der Waals surface area contributed by atoms with E-state index in [2.05, 4.69) is 0 Å². The second-order valence-corrected chi connectivity index (χ2v) is 4.62. The summed E-state index contributed by atoms with van der Waals surface area (Å²) >= 11 is 0. The molecule has 1 N–H and O–H groups in total. The minimum absolute atomic E-state index is 0.488. The van der Waals surface area contributed by atoms with Crippen LogP contribution in [0.1, 0.15) is 17.5 Å². The zero-order chi connectivity index (χ0) is 13.5. The summed E-state index contributed by atoms with van der Waals surface area (Å²) in [6.07, 6.45) is 3.80. The molecule has 1 heterocycles. The number of hydrogen-bond donors (Lipinski definition) is 1. The van der Waals surface area contributed by atoms with Gasteiger partial charge >= 0.3 is 5.97 Å². The van der Waals surface area contributed by atoms with Crippen LogP contribution in [-0.2, 0) is 20.9 Å². The van der Waals surface area contributed by atoms with E-state index >= 15 is 0 Å². The summed E-state index contributed by atoms with van der Waals surface area (Å²) < 4.78 is 11.0. The summed E-state index contributed by atoms with van der Waals surface area (Å²) in [6, 6.07) is 7.65. The lowest BCUT2D eigenvalue weighted by atomic mass is 10.1. The molecule has 1 unspecified atom stereocenters. The Bertz CT molecular complexity index is 447. The van der Waals surface area contributed by atoms with E-state index in [1.165, 1.54) is 0 Å². The van der Waals surface area contributed by atoms with Crippen molar-refractivity contribution < 1.29 is 19.4 Å². The van der Waals surface area contributed by atoms with E-state index in [9.17, 15) is 4.79 Å². The summed E-state index contributed by atoms with van der Waals surface area (Å²) in [7, 11) is 0. The van der Waals surface area contributed by atoms with Crippen LogP contribution in [0.15, 0.2) is 30.3 Å². The highest BCUT2D eigenvalue weighted by Gasteiger charge is 2.15. The Labute approximate surface area is 112 Å². The average Bonchev–Trinajstić information content (AvgIpc) is 2.91. The number of hydrogen-bond acceptors (Lipinski definition) is 3. The normalized spacial score (nSPS) is 19.1. The van der Waals surface area contributed by atoms with Crippen molar-refractivity contribution in [1.82, 2.24) is 0 Å². The number of benzene rings is 1. The van der Waals surface area contributed by atoms with Crippen molar-refractivity contribution in [2.75, 3.05) is 19.8 Å². The Balaban J connectivity index is 1.89. The lowest BCUT2D eigenvalue weighted by Gasteiger charge is -2.10. The molecule has 1 aromatic carbocycles. The largest absolute Gasteiger partial charge is 0.478 e. The Hall–Kier alpha value is -1.65. The summed E-state index contributed by atoms with van der Waals surface area (Å²) in [5.74, 6) is -0.458. The van der Waals surface area contributed by atoms with E-state index in [-0.39, 0.29) is 0 Å². The van der Waals surface area contributed by atoms with Crippen molar-refractivity contribution in [2.45, 2.75) is 13.0 Å². The van der Waals surface area contributed by atoms with Gasteiger partial charge in [-0.15, -0.1) is 0 Å². The van der Waals surface area contributed by atoms with Crippen LogP contribution in [0.3, 0.4) is 0 Å². The predicted molar refractivity (Wildman–Crippen MR) is 71.7 cm³/mol. The first-order valence-corrected chi connectivity index (χ1v) is 6.40. The first kappa shape index (κ1) is 13.8. The van der Waals surface area contributed by atoms with Gasteiger partial charge in [0.05, 0.1) is 19.8 Å². The third-order valence-corrected chi connectivity index (χ3v) is 3.10. The van der Waals surface area contributed by atoms with Crippen molar-refractivity contribution in [3.8, 4) is 0 Å². The minimum Gasteiger partial charge on any atom is -0.478 e. The molecule has 0 saturated carbocycles. The zero-order valence-corrected chi connectivity index (χ0v) is 10.7. The van der Waals surface area contributed by atoms with Crippen molar-refractivity contribution >= 4 is 12.0 Å². The number of carboxylic acid groups (broad SMARTS) is 1. The van der Waals surface area contributed by atoms with Gasteiger partial charge in [0.1, 0.15) is 0 Å². The van der Waals surface area contributed by atoms with E-state index in [4.69, 9.17) is 14.6 Å². The molecule has 0 bridgehead atoms. The molecule has 1 aromatic rings. The van der Waals surface area contributed by atoms with Gasteiger partial charge in [-0.05, 0) is 23.6 Å². The minimum atomic E-state index is -0.946. The molecular formula is C15H18O4. The highest BCUT2D eigenvalue weighted by Crippen LogP contribution is 2.15. The Morgan fingerprint density at radius 3 is 3.05 bits per heavy atom. The van der Waals surface area contributed by atoms with E-state index in [1.54, 1.807) is 6.08 Å². The average molecular weight is 262 g/mol. The molecule has 0 aromatic heterocycles. The van der Waals surface area contributed by atoms with Crippen LogP contribution < -0.4 is 0 Å². The molecule has 0 radical (unpaired) electrons. The number of rotatable bonds is 6. The van der Waals surface area contributed by atoms with Crippen LogP contribution in [0.5, 0.6) is 0 Å². The van der Waals surface area contributed by atoms with Crippen LogP contribution in [0, 0.1) is 5.92 Å². The highest BCUT2D eigenvalue weighted by molar-refractivity contribution is 5.85. The molecule has 1 atom stereocenters. The number of carbonyl (C=O) groups is 1. The van der Waals surface area contributed by atoms with Crippen LogP contribution in [0.4, 0.5) is 0 Å². The van der Waals surface area contributed by atoms with Crippen molar-refractivity contribution in [3.05, 3.63) is 41.5 Å². The molecule has 102 valence electrons. The van der Waals surface area contributed by atoms with Gasteiger partial charge in [0.15, 0.2) is 0 Å². The smallest absolute Gasteiger partial charge is 0.328 e. The molecule has 0 spiro atoms. The summed E-state index contributed by atoms with van der Waals surface area (Å²) in [6.45, 7) is 2.79. The molecule has 19 heavy (non-hydrogen) atoms. The molecule has 1 aliphatic heterocycles. The van der Waals surface area contributed by atoms with Crippen LogP contribution in [-0.4, -0.2) is 30.9 Å². The van der Waals surface area contributed by atoms with Crippen molar-refractivity contribution in [1.29, 1.82) is 0 Å². The van der Waals surface area contributed by atoms with E-state index < -0.39 is 5.97 Å². The maximum atomic E-state index is 10.5. The maximum Gasteiger partial charge on any atom is 0.328 e. The second kappa shape index (κ2) is 7.07. The standard InChI is InChI=1S/C15H18O4/c16-15(17)6-5-13-3-1-2-4-14(13)11-19-10-12-7-8-18-9-12/h1-6,12H,7-11H2,(H,16,17)/b6-5+. The molecule has 4 nitrogen and oxygen atoms in total. The van der Waals surface area contributed by atoms with E-state index in [0.29, 0.717) is 19.1 Å². The van der Waals surface area contributed by atoms with Crippen LogP contribution >= 0.6 is 0 Å². The fraction of sp³-hybridized carbons (Fsp3) is 0.400. The highest BCUT2D eigenvalue weighted by atomic mass is 16.5. The topological polar surface area (TPSA) is 55.8 Å². The van der Waals surface area contributed by atoms with Gasteiger partial charge in [0, 0.05) is 18.6 Å². The molecule has 4 heteroatoms. The summed E-state index contributed by atoms with van der Waals surface area (Å²) in [4.78, 5) is 10.5. The molecule has 0 aliphatic carbocycles. The van der Waals surface area contributed by atoms with Gasteiger partial charge in [-0.1, -0.05) is 24.3 Å². The first-order valence-electron chi connectivity index (χ1n) is 6.40. The quantitative estimate of drug-likeness (QED) is 0.799. The van der Waals surface area contributed by atoms with Crippen molar-refractivity contribution in [3.63, 3.8) is 0 Å². The Morgan fingerprint density at radius 2 is 2.32 bits per heavy atom. The van der Waals surface area contributed by atoms with Gasteiger partial charge < -0.3 is 14.6 Å². The lowest BCUT2D eigenvalue weighted by Crippen LogP contribution is -2.09. The number of ether oxygens (including phenoxy) is 2. The third kappa shape index (κ3) is 4.50. The van der Waals surface area contributed by atoms with Gasteiger partial charge in [-0.2, -0.15) is 0 Å². The SMILES string of the molecule is O=C(O)/C=C/c1ccccc1COCC1CCOC1. The fourth-order valence-electron chi connectivity index (χ4n) is 2.04. The summed E-state index contributed by atoms with van der Waals surface area (Å²) in [5.41, 5.74) is 1.88. The maximum absolute atomic E-state index is 10.5. The van der Waals surface area contributed by atoms with Crippen molar-refractivity contribution in [2.24, 2.45) is 5.92 Å². The molecule has 1 fully saturated rings. The molecule has 0 amide bonds. The van der Waals surface area contributed by atoms with E-state index in [1.807, 2.05) is 24.3 Å². The fourth-order valence-corrected chi connectivity index (χ4v) is 2.04. The predicted octanol–water partition coefficient (Wildman–Crippen LogP) is 2.34. The summed E-state index contributed by atoms with van der Waals surface area (Å²) in [5, 5.41) is 8.65. The molecule has 2 rings (SSSR count). The van der Waals surface area contributed by atoms with Gasteiger partial charge in [0.25, 0.3) is 0 Å². The molecular weight excluding hydrogens is 244 g/mol. The van der Waals surface area contributed by atoms with Gasteiger partial charge in [0.2, 0.25) is 0 Å². The molecule has 1 saturated heterocycles. The van der Waals surface area contributed by atoms with Crippen LogP contribution in [0.25, 0.3) is 6.08 Å². The van der Waals surface area contributed by atoms with Crippen LogP contribution in [0.2, 0.25) is 0 Å². The Morgan fingerprint density at radius 1 is 1.47 bits per heavy atom. The zero-order valence-electron chi connectivity index (χ0n) is 10.7. The number of carboxylic acids is 1. The third-order valence-electron chi connectivity index (χ3n) is 3.10. The number of aliphatic carboxylic acids is 1. The molecule has 1 aliphatic rings. The lowest BCUT2D eigenvalue weighted by molar-refractivity contribution is -0.131. The second-order valence-electron chi connectivity index (χ2n) is 4.62. The first-order chi connectivity index (χ1) is 9.25. The van der Waals surface area contributed by atoms with Gasteiger partial charge in [-0.3, -0.25) is 0 Å².